The molecule has 0 bridgehead atoms. The van der Waals surface area contributed by atoms with Gasteiger partial charge in [-0.25, -0.2) is 0 Å². The molecule has 0 aliphatic carbocycles. The molecule has 0 spiro atoms. The normalized spacial score (nSPS) is 14.3. The summed E-state index contributed by atoms with van der Waals surface area (Å²) in [5.74, 6) is 0.0294. The molecule has 0 fully saturated rings. The Labute approximate surface area is 108 Å². The van der Waals surface area contributed by atoms with Gasteiger partial charge in [-0.1, -0.05) is 13.8 Å². The van der Waals surface area contributed by atoms with Crippen LogP contribution in [0.15, 0.2) is 0 Å². The lowest BCUT2D eigenvalue weighted by atomic mass is 10.1. The number of rotatable bonds is 5. The van der Waals surface area contributed by atoms with E-state index in [0.29, 0.717) is 18.9 Å². The highest BCUT2D eigenvalue weighted by atomic mass is 16.5. The van der Waals surface area contributed by atoms with Gasteiger partial charge in [-0.2, -0.15) is 5.10 Å². The number of aromatic amines is 1. The average Bonchev–Trinajstić information content (AvgIpc) is 2.81. The maximum atomic E-state index is 12.4. The number of hydrogen-bond donors (Lipinski definition) is 1. The van der Waals surface area contributed by atoms with E-state index in [1.807, 2.05) is 4.90 Å². The molecule has 18 heavy (non-hydrogen) atoms. The molecule has 2 rings (SSSR count). The van der Waals surface area contributed by atoms with Crippen molar-refractivity contribution in [3.05, 3.63) is 17.0 Å². The van der Waals surface area contributed by atoms with Crippen molar-refractivity contribution in [3.8, 4) is 0 Å². The second-order valence-corrected chi connectivity index (χ2v) is 4.62. The molecule has 1 aromatic heterocycles. The Bertz CT molecular complexity index is 408. The molecule has 0 saturated carbocycles. The van der Waals surface area contributed by atoms with Crippen LogP contribution in [0.4, 0.5) is 0 Å². The molecule has 0 aromatic carbocycles. The number of H-pyrrole nitrogens is 1. The van der Waals surface area contributed by atoms with Gasteiger partial charge in [0, 0.05) is 30.8 Å². The fraction of sp³-hybridized carbons (Fsp3) is 0.692. The molecule has 0 radical (unpaired) electrons. The zero-order chi connectivity index (χ0) is 13.0. The van der Waals surface area contributed by atoms with Crippen molar-refractivity contribution in [1.29, 1.82) is 0 Å². The highest BCUT2D eigenvalue weighted by Gasteiger charge is 2.25. The summed E-state index contributed by atoms with van der Waals surface area (Å²) in [6.45, 7) is 6.94. The summed E-state index contributed by atoms with van der Waals surface area (Å²) >= 11 is 0. The average molecular weight is 251 g/mol. The number of hydrogen-bond acceptors (Lipinski definition) is 3. The van der Waals surface area contributed by atoms with Gasteiger partial charge in [-0.3, -0.25) is 9.89 Å². The van der Waals surface area contributed by atoms with Gasteiger partial charge in [-0.15, -0.1) is 0 Å². The standard InChI is InChI=1S/C13H21N3O2/c1-3-6-16(7-4-2)13(17)12-10-9-18-8-5-11(10)14-15-12/h3-9H2,1-2H3,(H,14,15). The largest absolute Gasteiger partial charge is 0.376 e. The molecule has 5 nitrogen and oxygen atoms in total. The predicted octanol–water partition coefficient (Wildman–Crippen LogP) is 1.74. The zero-order valence-electron chi connectivity index (χ0n) is 11.2. The molecule has 1 amide bonds. The van der Waals surface area contributed by atoms with Crippen molar-refractivity contribution in [2.45, 2.75) is 39.7 Å². The molecule has 2 heterocycles. The smallest absolute Gasteiger partial charge is 0.274 e. The maximum Gasteiger partial charge on any atom is 0.274 e. The molecular weight excluding hydrogens is 230 g/mol. The van der Waals surface area contributed by atoms with Crippen LogP contribution in [0.5, 0.6) is 0 Å². The molecular formula is C13H21N3O2. The molecule has 1 N–H and O–H groups in total. The number of aromatic nitrogens is 2. The number of carbonyl (C=O) groups excluding carboxylic acids is 1. The van der Waals surface area contributed by atoms with E-state index in [2.05, 4.69) is 24.0 Å². The molecule has 0 atom stereocenters. The minimum Gasteiger partial charge on any atom is -0.376 e. The highest BCUT2D eigenvalue weighted by molar-refractivity contribution is 5.94. The fourth-order valence-electron chi connectivity index (χ4n) is 2.29. The van der Waals surface area contributed by atoms with Crippen molar-refractivity contribution in [1.82, 2.24) is 15.1 Å². The van der Waals surface area contributed by atoms with Crippen molar-refractivity contribution >= 4 is 5.91 Å². The molecule has 100 valence electrons. The monoisotopic (exact) mass is 251 g/mol. The number of nitrogens with one attached hydrogen (secondary N) is 1. The van der Waals surface area contributed by atoms with Gasteiger partial charge in [0.15, 0.2) is 5.69 Å². The van der Waals surface area contributed by atoms with Crippen LogP contribution in [0, 0.1) is 0 Å². The molecule has 0 unspecified atom stereocenters. The Morgan fingerprint density at radius 2 is 2.11 bits per heavy atom. The van der Waals surface area contributed by atoms with Crippen molar-refractivity contribution < 1.29 is 9.53 Å². The van der Waals surface area contributed by atoms with Crippen LogP contribution in [0.1, 0.15) is 48.4 Å². The second kappa shape index (κ2) is 6.00. The van der Waals surface area contributed by atoms with E-state index >= 15 is 0 Å². The van der Waals surface area contributed by atoms with Crippen LogP contribution in [0.3, 0.4) is 0 Å². The molecule has 1 aromatic rings. The van der Waals surface area contributed by atoms with E-state index in [1.165, 1.54) is 0 Å². The number of ether oxygens (including phenoxy) is 1. The lowest BCUT2D eigenvalue weighted by Crippen LogP contribution is -2.33. The minimum absolute atomic E-state index is 0.0294. The van der Waals surface area contributed by atoms with Crippen molar-refractivity contribution in [3.63, 3.8) is 0 Å². The first-order valence-corrected chi connectivity index (χ1v) is 6.71. The third kappa shape index (κ3) is 2.56. The number of nitrogens with zero attached hydrogens (tertiary/aromatic N) is 2. The SMILES string of the molecule is CCCN(CCC)C(=O)c1n[nH]c2c1COCC2. The van der Waals surface area contributed by atoms with E-state index in [9.17, 15) is 4.79 Å². The second-order valence-electron chi connectivity index (χ2n) is 4.62. The van der Waals surface area contributed by atoms with Crippen LogP contribution in [-0.4, -0.2) is 40.7 Å². The van der Waals surface area contributed by atoms with Gasteiger partial charge in [0.1, 0.15) is 0 Å². The summed E-state index contributed by atoms with van der Waals surface area (Å²) in [6.07, 6.45) is 2.75. The van der Waals surface area contributed by atoms with Crippen LogP contribution >= 0.6 is 0 Å². The van der Waals surface area contributed by atoms with E-state index in [0.717, 1.165) is 43.6 Å². The Kier molecular flexibility index (Phi) is 4.36. The van der Waals surface area contributed by atoms with Gasteiger partial charge in [-0.05, 0) is 12.8 Å². The Balaban J connectivity index is 2.18. The summed E-state index contributed by atoms with van der Waals surface area (Å²) in [5, 5.41) is 7.16. The Morgan fingerprint density at radius 1 is 1.39 bits per heavy atom. The third-order valence-corrected chi connectivity index (χ3v) is 3.17. The summed E-state index contributed by atoms with van der Waals surface area (Å²) in [6, 6.07) is 0. The van der Waals surface area contributed by atoms with Gasteiger partial charge < -0.3 is 9.64 Å². The topological polar surface area (TPSA) is 58.2 Å². The number of amides is 1. The summed E-state index contributed by atoms with van der Waals surface area (Å²) in [5.41, 5.74) is 2.55. The quantitative estimate of drug-likeness (QED) is 0.867. The number of fused-ring (bicyclic) bond motifs is 1. The van der Waals surface area contributed by atoms with Crippen molar-refractivity contribution in [2.75, 3.05) is 19.7 Å². The van der Waals surface area contributed by atoms with E-state index < -0.39 is 0 Å². The zero-order valence-corrected chi connectivity index (χ0v) is 11.2. The van der Waals surface area contributed by atoms with Crippen LogP contribution in [0.2, 0.25) is 0 Å². The highest BCUT2D eigenvalue weighted by Crippen LogP contribution is 2.19. The van der Waals surface area contributed by atoms with Crippen LogP contribution in [-0.2, 0) is 17.8 Å². The van der Waals surface area contributed by atoms with E-state index in [-0.39, 0.29) is 5.91 Å². The predicted molar refractivity (Wildman–Crippen MR) is 68.4 cm³/mol. The molecule has 1 aliphatic rings. The minimum atomic E-state index is 0.0294. The fourth-order valence-corrected chi connectivity index (χ4v) is 2.29. The van der Waals surface area contributed by atoms with Crippen molar-refractivity contribution in [2.24, 2.45) is 0 Å². The maximum absolute atomic E-state index is 12.4. The Hall–Kier alpha value is -1.36. The number of carbonyl (C=O) groups is 1. The van der Waals surface area contributed by atoms with E-state index in [1.54, 1.807) is 0 Å². The Morgan fingerprint density at radius 3 is 2.78 bits per heavy atom. The summed E-state index contributed by atoms with van der Waals surface area (Å²) < 4.78 is 5.41. The summed E-state index contributed by atoms with van der Waals surface area (Å²) in [7, 11) is 0. The van der Waals surface area contributed by atoms with Gasteiger partial charge in [0.2, 0.25) is 0 Å². The lowest BCUT2D eigenvalue weighted by Gasteiger charge is -2.21. The van der Waals surface area contributed by atoms with Crippen LogP contribution < -0.4 is 0 Å². The lowest BCUT2D eigenvalue weighted by molar-refractivity contribution is 0.0736. The van der Waals surface area contributed by atoms with Crippen LogP contribution in [0.25, 0.3) is 0 Å². The molecule has 0 saturated heterocycles. The van der Waals surface area contributed by atoms with E-state index in [4.69, 9.17) is 4.74 Å². The molecule has 5 heteroatoms. The molecule has 1 aliphatic heterocycles. The first-order chi connectivity index (χ1) is 8.77. The third-order valence-electron chi connectivity index (χ3n) is 3.17. The first kappa shape index (κ1) is 13.1. The summed E-state index contributed by atoms with van der Waals surface area (Å²) in [4.78, 5) is 14.3. The van der Waals surface area contributed by atoms with Gasteiger partial charge in [0.05, 0.1) is 13.2 Å². The first-order valence-electron chi connectivity index (χ1n) is 6.71. The van der Waals surface area contributed by atoms with Gasteiger partial charge >= 0.3 is 0 Å². The van der Waals surface area contributed by atoms with Gasteiger partial charge in [0.25, 0.3) is 5.91 Å².